The van der Waals surface area contributed by atoms with Crippen LogP contribution in [-0.4, -0.2) is 58.0 Å². The van der Waals surface area contributed by atoms with E-state index in [1.54, 1.807) is 18.5 Å². The summed E-state index contributed by atoms with van der Waals surface area (Å²) in [6.07, 6.45) is 9.60. The average molecular weight is 682 g/mol. The normalized spacial score (nSPS) is 16.6. The molecule has 0 bridgehead atoms. The van der Waals surface area contributed by atoms with Crippen LogP contribution in [0.25, 0.3) is 33.1 Å². The summed E-state index contributed by atoms with van der Waals surface area (Å²) in [5, 5.41) is 16.9. The van der Waals surface area contributed by atoms with E-state index in [1.807, 2.05) is 35.0 Å². The number of amides is 1. The number of nitrogens with zero attached hydrogens (tertiary/aromatic N) is 5. The Morgan fingerprint density at radius 3 is 2.73 bits per heavy atom. The van der Waals surface area contributed by atoms with E-state index in [0.29, 0.717) is 30.0 Å². The SMILES string of the molecule is C[Si](C)(C)CCOCn1cc(-c2ccc3ncc(OC4CCCCO4)cc3c2)c2c(OCc3ncccc3[O])nc(NC(=O)C3CC3)nc21. The number of nitrogens with one attached hydrogen (secondary N) is 1. The monoisotopic (exact) mass is 681 g/mol. The molecule has 12 nitrogen and oxygen atoms in total. The van der Waals surface area contributed by atoms with Gasteiger partial charge in [-0.25, -0.2) is 0 Å². The van der Waals surface area contributed by atoms with Crippen molar-refractivity contribution in [3.63, 3.8) is 0 Å². The summed E-state index contributed by atoms with van der Waals surface area (Å²) in [5.74, 6) is 0.591. The fourth-order valence-electron chi connectivity index (χ4n) is 5.70. The van der Waals surface area contributed by atoms with Crippen LogP contribution in [0.3, 0.4) is 0 Å². The first-order valence-electron chi connectivity index (χ1n) is 16.9. The number of hydrogen-bond acceptors (Lipinski definition) is 9. The van der Waals surface area contributed by atoms with Crippen molar-refractivity contribution < 1.29 is 28.8 Å². The van der Waals surface area contributed by atoms with Crippen LogP contribution >= 0.6 is 0 Å². The second-order valence-corrected chi connectivity index (χ2v) is 19.5. The van der Waals surface area contributed by atoms with Crippen LogP contribution in [0, 0.1) is 5.92 Å². The number of carbonyl (C=O) groups is 1. The fourth-order valence-corrected chi connectivity index (χ4v) is 6.45. The van der Waals surface area contributed by atoms with Crippen LogP contribution in [0.2, 0.25) is 25.7 Å². The lowest BCUT2D eigenvalue weighted by Crippen LogP contribution is -2.24. The van der Waals surface area contributed by atoms with Crippen molar-refractivity contribution in [3.05, 3.63) is 60.7 Å². The van der Waals surface area contributed by atoms with Crippen molar-refractivity contribution in [2.24, 2.45) is 5.92 Å². The molecule has 2 aliphatic rings. The van der Waals surface area contributed by atoms with Crippen LogP contribution in [0.5, 0.6) is 17.4 Å². The fraction of sp³-hybridized carbons (Fsp3) is 0.417. The van der Waals surface area contributed by atoms with E-state index in [9.17, 15) is 9.90 Å². The van der Waals surface area contributed by atoms with E-state index in [-0.39, 0.29) is 54.7 Å². The lowest BCUT2D eigenvalue weighted by Gasteiger charge is -2.23. The molecule has 1 amide bonds. The highest BCUT2D eigenvalue weighted by Crippen LogP contribution is 2.39. The molecule has 1 atom stereocenters. The number of fused-ring (bicyclic) bond motifs is 2. The molecule has 49 heavy (non-hydrogen) atoms. The predicted molar refractivity (Wildman–Crippen MR) is 187 cm³/mol. The molecule has 255 valence electrons. The van der Waals surface area contributed by atoms with Gasteiger partial charge < -0.3 is 23.5 Å². The van der Waals surface area contributed by atoms with Gasteiger partial charge in [-0.05, 0) is 67.6 Å². The summed E-state index contributed by atoms with van der Waals surface area (Å²) in [6.45, 7) is 8.38. The Kier molecular flexibility index (Phi) is 9.48. The number of carbonyl (C=O) groups excluding carboxylic acids is 1. The van der Waals surface area contributed by atoms with Crippen LogP contribution in [-0.2, 0) is 32.7 Å². The van der Waals surface area contributed by atoms with Gasteiger partial charge in [0, 0.05) is 50.4 Å². The quantitative estimate of drug-likeness (QED) is 0.0998. The zero-order valence-corrected chi connectivity index (χ0v) is 29.1. The van der Waals surface area contributed by atoms with E-state index in [4.69, 9.17) is 23.9 Å². The van der Waals surface area contributed by atoms with Crippen molar-refractivity contribution in [1.82, 2.24) is 24.5 Å². The molecule has 1 aliphatic heterocycles. The standard InChI is InChI=1S/C36H41N6O6Si/c1-49(2,3)16-15-45-22-42-20-27(24-11-12-28-25(17-24)18-26(19-38-28)48-31-8-4-5-14-46-31)32-33(42)39-36(40-34(44)23-9-10-23)41-35(32)47-21-29-30(43)7-6-13-37-29/h6-7,11-13,17-20,23,31H,4-5,8-10,14-16,21-22H2,1-3H3,(H,39,40,41,44). The maximum atomic E-state index is 12.8. The van der Waals surface area contributed by atoms with E-state index in [0.717, 1.165) is 60.2 Å². The van der Waals surface area contributed by atoms with Gasteiger partial charge in [-0.15, -0.1) is 0 Å². The maximum absolute atomic E-state index is 12.8. The minimum atomic E-state index is -1.31. The van der Waals surface area contributed by atoms with Gasteiger partial charge in [-0.3, -0.25) is 25.2 Å². The minimum Gasteiger partial charge on any atom is -0.470 e. The second-order valence-electron chi connectivity index (χ2n) is 13.9. The minimum absolute atomic E-state index is 0.0443. The molecular formula is C36H41N6O6Si. The number of benzene rings is 1. The maximum Gasteiger partial charge on any atom is 0.234 e. The van der Waals surface area contributed by atoms with Crippen LogP contribution < -0.4 is 14.8 Å². The lowest BCUT2D eigenvalue weighted by molar-refractivity contribution is -0.117. The summed E-state index contributed by atoms with van der Waals surface area (Å²) >= 11 is 0. The summed E-state index contributed by atoms with van der Waals surface area (Å²) in [6, 6.07) is 12.0. The highest BCUT2D eigenvalue weighted by atomic mass is 28.3. The summed E-state index contributed by atoms with van der Waals surface area (Å²) in [5.41, 5.74) is 3.27. The van der Waals surface area contributed by atoms with Gasteiger partial charge in [0.25, 0.3) is 0 Å². The third-order valence-corrected chi connectivity index (χ3v) is 10.4. The van der Waals surface area contributed by atoms with Gasteiger partial charge in [0.1, 0.15) is 24.8 Å². The van der Waals surface area contributed by atoms with Crippen LogP contribution in [0.1, 0.15) is 37.8 Å². The number of aromatic nitrogens is 5. The summed E-state index contributed by atoms with van der Waals surface area (Å²) in [7, 11) is -1.31. The molecule has 1 saturated heterocycles. The van der Waals surface area contributed by atoms with Gasteiger partial charge in [0.15, 0.2) is 11.9 Å². The molecular weight excluding hydrogens is 641 g/mol. The zero-order valence-electron chi connectivity index (χ0n) is 28.1. The molecule has 5 aromatic rings. The lowest BCUT2D eigenvalue weighted by atomic mass is 10.0. The number of pyridine rings is 2. The molecule has 1 unspecified atom stereocenters. The third-order valence-electron chi connectivity index (χ3n) is 8.66. The molecule has 4 aromatic heterocycles. The Balaban J connectivity index is 1.30. The van der Waals surface area contributed by atoms with E-state index in [2.05, 4.69) is 39.9 Å². The van der Waals surface area contributed by atoms with Crippen LogP contribution in [0.15, 0.2) is 55.0 Å². The third kappa shape index (κ3) is 8.01. The molecule has 13 heteroatoms. The average Bonchev–Trinajstić information content (AvgIpc) is 3.88. The molecule has 5 heterocycles. The summed E-state index contributed by atoms with van der Waals surface area (Å²) < 4.78 is 26.3. The highest BCUT2D eigenvalue weighted by molar-refractivity contribution is 6.76. The first kappa shape index (κ1) is 32.9. The molecule has 2 fully saturated rings. The number of hydrogen-bond donors (Lipinski definition) is 1. The van der Waals surface area contributed by atoms with Gasteiger partial charge >= 0.3 is 0 Å². The van der Waals surface area contributed by atoms with Gasteiger partial charge in [0.05, 0.1) is 23.7 Å². The first-order chi connectivity index (χ1) is 23.7. The largest absolute Gasteiger partial charge is 0.470 e. The Hall–Kier alpha value is -4.59. The second kappa shape index (κ2) is 14.1. The predicted octanol–water partition coefficient (Wildman–Crippen LogP) is 7.33. The van der Waals surface area contributed by atoms with E-state index >= 15 is 0 Å². The number of anilines is 1. The zero-order chi connectivity index (χ0) is 34.0. The molecule has 1 saturated carbocycles. The number of ether oxygens (including phenoxy) is 4. The summed E-state index contributed by atoms with van der Waals surface area (Å²) in [4.78, 5) is 31.2. The van der Waals surface area contributed by atoms with Crippen molar-refractivity contribution in [2.75, 3.05) is 18.5 Å². The van der Waals surface area contributed by atoms with Crippen LogP contribution in [0.4, 0.5) is 5.95 Å². The molecule has 0 spiro atoms. The van der Waals surface area contributed by atoms with Crippen molar-refractivity contribution >= 4 is 41.9 Å². The Morgan fingerprint density at radius 2 is 1.96 bits per heavy atom. The van der Waals surface area contributed by atoms with Gasteiger partial charge in [-0.1, -0.05) is 25.7 Å². The Labute approximate surface area is 285 Å². The molecule has 1 N–H and O–H groups in total. The Morgan fingerprint density at radius 1 is 1.08 bits per heavy atom. The smallest absolute Gasteiger partial charge is 0.234 e. The molecule has 1 radical (unpaired) electrons. The van der Waals surface area contributed by atoms with Gasteiger partial charge in [-0.2, -0.15) is 9.97 Å². The van der Waals surface area contributed by atoms with Gasteiger partial charge in [0.2, 0.25) is 23.5 Å². The number of rotatable bonds is 13. The van der Waals surface area contributed by atoms with Crippen molar-refractivity contribution in [3.8, 4) is 28.5 Å². The molecule has 1 aliphatic carbocycles. The first-order valence-corrected chi connectivity index (χ1v) is 20.6. The van der Waals surface area contributed by atoms with E-state index in [1.165, 1.54) is 6.07 Å². The Bertz CT molecular complexity index is 1970. The molecule has 1 aromatic carbocycles. The van der Waals surface area contributed by atoms with Crippen molar-refractivity contribution in [1.29, 1.82) is 0 Å². The highest BCUT2D eigenvalue weighted by Gasteiger charge is 2.31. The molecule has 7 rings (SSSR count). The topological polar surface area (TPSA) is 142 Å². The van der Waals surface area contributed by atoms with E-state index < -0.39 is 8.07 Å². The van der Waals surface area contributed by atoms with Crippen molar-refractivity contribution in [2.45, 2.75) is 77.4 Å².